The van der Waals surface area contributed by atoms with Gasteiger partial charge in [0, 0.05) is 31.4 Å². The van der Waals surface area contributed by atoms with Crippen LogP contribution in [0.1, 0.15) is 43.1 Å². The van der Waals surface area contributed by atoms with E-state index in [4.69, 9.17) is 9.72 Å². The number of anilines is 2. The molecule has 1 atom stereocenters. The molecule has 2 fully saturated rings. The van der Waals surface area contributed by atoms with Crippen LogP contribution in [0.2, 0.25) is 0 Å². The molecule has 0 radical (unpaired) electrons. The Morgan fingerprint density at radius 1 is 1.07 bits per heavy atom. The lowest BCUT2D eigenvalue weighted by Crippen LogP contribution is -2.38. The van der Waals surface area contributed by atoms with Gasteiger partial charge in [-0.2, -0.15) is 0 Å². The van der Waals surface area contributed by atoms with Crippen LogP contribution in [0.25, 0.3) is 0 Å². The van der Waals surface area contributed by atoms with Crippen molar-refractivity contribution in [3.05, 3.63) is 47.8 Å². The molecule has 4 rings (SSSR count). The maximum Gasteiger partial charge on any atom is 0.226 e. The van der Waals surface area contributed by atoms with Crippen LogP contribution < -0.4 is 5.32 Å². The number of amides is 1. The molecule has 0 aromatic carbocycles. The predicted molar refractivity (Wildman–Crippen MR) is 104 cm³/mol. The molecule has 2 aromatic rings. The van der Waals surface area contributed by atoms with Crippen LogP contribution >= 0.6 is 0 Å². The molecule has 2 aliphatic heterocycles. The van der Waals surface area contributed by atoms with Gasteiger partial charge in [-0.25, -0.2) is 9.97 Å². The Balaban J connectivity index is 1.51. The Morgan fingerprint density at radius 3 is 2.59 bits per heavy atom. The Hall–Kier alpha value is -2.47. The van der Waals surface area contributed by atoms with Crippen LogP contribution in [-0.4, -0.2) is 40.5 Å². The van der Waals surface area contributed by atoms with Crippen LogP contribution in [0.15, 0.2) is 36.4 Å². The highest BCUT2D eigenvalue weighted by Crippen LogP contribution is 2.34. The highest BCUT2D eigenvalue weighted by Gasteiger charge is 2.35. The van der Waals surface area contributed by atoms with Crippen molar-refractivity contribution in [2.24, 2.45) is 5.92 Å². The minimum atomic E-state index is 0.0626. The van der Waals surface area contributed by atoms with E-state index in [2.05, 4.69) is 10.3 Å². The summed E-state index contributed by atoms with van der Waals surface area (Å²) < 4.78 is 5.41. The minimum Gasteiger partial charge on any atom is -0.381 e. The predicted octanol–water partition coefficient (Wildman–Crippen LogP) is 3.62. The van der Waals surface area contributed by atoms with Crippen molar-refractivity contribution in [1.29, 1.82) is 0 Å². The molecule has 6 nitrogen and oxygen atoms in total. The van der Waals surface area contributed by atoms with Crippen LogP contribution in [0.5, 0.6) is 0 Å². The number of hydrogen-bond donors (Lipinski definition) is 1. The second kappa shape index (κ2) is 8.05. The number of likely N-dealkylation sites (tertiary alicyclic amines) is 1. The van der Waals surface area contributed by atoms with E-state index in [1.54, 1.807) is 0 Å². The number of nitrogens with one attached hydrogen (secondary N) is 1. The average molecular weight is 366 g/mol. The van der Waals surface area contributed by atoms with Crippen LogP contribution in [0, 0.1) is 12.8 Å². The van der Waals surface area contributed by atoms with E-state index in [9.17, 15) is 4.79 Å². The first-order valence-corrected chi connectivity index (χ1v) is 9.76. The maximum atomic E-state index is 13.0. The SMILES string of the molecule is Cc1cccc(Nc2cccc([C@H]3CCCN3C(=O)C3CCOCC3)n2)n1. The molecule has 2 aromatic heterocycles. The minimum absolute atomic E-state index is 0.0626. The van der Waals surface area contributed by atoms with E-state index in [0.717, 1.165) is 55.3 Å². The molecular formula is C21H26N4O2. The largest absolute Gasteiger partial charge is 0.381 e. The fourth-order valence-electron chi connectivity index (χ4n) is 3.97. The summed E-state index contributed by atoms with van der Waals surface area (Å²) in [6, 6.07) is 11.9. The smallest absolute Gasteiger partial charge is 0.226 e. The van der Waals surface area contributed by atoms with Crippen molar-refractivity contribution in [3.63, 3.8) is 0 Å². The molecule has 1 N–H and O–H groups in total. The second-order valence-corrected chi connectivity index (χ2v) is 7.31. The van der Waals surface area contributed by atoms with E-state index >= 15 is 0 Å². The Morgan fingerprint density at radius 2 is 1.81 bits per heavy atom. The third kappa shape index (κ3) is 4.11. The number of pyridine rings is 2. The summed E-state index contributed by atoms with van der Waals surface area (Å²) in [6.45, 7) is 4.17. The summed E-state index contributed by atoms with van der Waals surface area (Å²) in [4.78, 5) is 24.3. The first kappa shape index (κ1) is 17.9. The van der Waals surface area contributed by atoms with Crippen LogP contribution in [0.4, 0.5) is 11.6 Å². The quantitative estimate of drug-likeness (QED) is 0.895. The van der Waals surface area contributed by atoms with E-state index in [-0.39, 0.29) is 17.9 Å². The molecule has 27 heavy (non-hydrogen) atoms. The molecule has 1 amide bonds. The normalized spacial score (nSPS) is 20.6. The fraction of sp³-hybridized carbons (Fsp3) is 0.476. The molecule has 6 heteroatoms. The third-order valence-electron chi connectivity index (χ3n) is 5.36. The van der Waals surface area contributed by atoms with Crippen molar-refractivity contribution in [2.75, 3.05) is 25.1 Å². The molecule has 0 spiro atoms. The first-order valence-electron chi connectivity index (χ1n) is 9.76. The summed E-state index contributed by atoms with van der Waals surface area (Å²) in [5.74, 6) is 1.90. The lowest BCUT2D eigenvalue weighted by atomic mass is 9.98. The number of ether oxygens (including phenoxy) is 1. The fourth-order valence-corrected chi connectivity index (χ4v) is 3.97. The lowest BCUT2D eigenvalue weighted by Gasteiger charge is -2.30. The van der Waals surface area contributed by atoms with Gasteiger partial charge >= 0.3 is 0 Å². The molecule has 2 saturated heterocycles. The summed E-state index contributed by atoms with van der Waals surface area (Å²) in [5, 5.41) is 3.27. The van der Waals surface area contributed by atoms with Crippen molar-refractivity contribution in [2.45, 2.75) is 38.6 Å². The van der Waals surface area contributed by atoms with Gasteiger partial charge in [0.05, 0.1) is 11.7 Å². The Kier molecular flexibility index (Phi) is 5.34. The average Bonchev–Trinajstić information content (AvgIpc) is 3.18. The molecule has 0 bridgehead atoms. The van der Waals surface area contributed by atoms with Gasteiger partial charge in [0.15, 0.2) is 0 Å². The number of aryl methyl sites for hydroxylation is 1. The summed E-state index contributed by atoms with van der Waals surface area (Å²) in [7, 11) is 0. The summed E-state index contributed by atoms with van der Waals surface area (Å²) in [5.41, 5.74) is 1.91. The Labute approximate surface area is 160 Å². The van der Waals surface area contributed by atoms with Gasteiger partial charge in [-0.1, -0.05) is 12.1 Å². The zero-order valence-corrected chi connectivity index (χ0v) is 15.7. The monoisotopic (exact) mass is 366 g/mol. The molecule has 142 valence electrons. The van der Waals surface area contributed by atoms with Crippen LogP contribution in [0.3, 0.4) is 0 Å². The topological polar surface area (TPSA) is 67.4 Å². The van der Waals surface area contributed by atoms with Gasteiger partial charge in [-0.05, 0) is 56.9 Å². The second-order valence-electron chi connectivity index (χ2n) is 7.31. The van der Waals surface area contributed by atoms with Crippen molar-refractivity contribution >= 4 is 17.5 Å². The number of aromatic nitrogens is 2. The number of hydrogen-bond acceptors (Lipinski definition) is 5. The molecule has 0 aliphatic carbocycles. The van der Waals surface area contributed by atoms with Gasteiger partial charge in [-0.3, -0.25) is 4.79 Å². The summed E-state index contributed by atoms with van der Waals surface area (Å²) >= 11 is 0. The molecule has 0 saturated carbocycles. The zero-order valence-electron chi connectivity index (χ0n) is 15.7. The van der Waals surface area contributed by atoms with Gasteiger partial charge in [-0.15, -0.1) is 0 Å². The molecule has 4 heterocycles. The van der Waals surface area contributed by atoms with Gasteiger partial charge < -0.3 is 15.0 Å². The summed E-state index contributed by atoms with van der Waals surface area (Å²) in [6.07, 6.45) is 3.65. The number of nitrogens with zero attached hydrogens (tertiary/aromatic N) is 3. The van der Waals surface area contributed by atoms with E-state index in [1.807, 2.05) is 48.2 Å². The molecule has 0 unspecified atom stereocenters. The van der Waals surface area contributed by atoms with Crippen molar-refractivity contribution < 1.29 is 9.53 Å². The zero-order chi connectivity index (χ0) is 18.6. The van der Waals surface area contributed by atoms with Gasteiger partial charge in [0.2, 0.25) is 5.91 Å². The number of carbonyl (C=O) groups is 1. The van der Waals surface area contributed by atoms with E-state index < -0.39 is 0 Å². The van der Waals surface area contributed by atoms with E-state index in [1.165, 1.54) is 0 Å². The molecule has 2 aliphatic rings. The van der Waals surface area contributed by atoms with E-state index in [0.29, 0.717) is 13.2 Å². The lowest BCUT2D eigenvalue weighted by molar-refractivity contribution is -0.139. The van der Waals surface area contributed by atoms with Crippen molar-refractivity contribution in [3.8, 4) is 0 Å². The third-order valence-corrected chi connectivity index (χ3v) is 5.36. The van der Waals surface area contributed by atoms with Crippen LogP contribution in [-0.2, 0) is 9.53 Å². The first-order chi connectivity index (χ1) is 13.2. The van der Waals surface area contributed by atoms with Gasteiger partial charge in [0.1, 0.15) is 11.6 Å². The Bertz CT molecular complexity index is 804. The highest BCUT2D eigenvalue weighted by molar-refractivity contribution is 5.79. The molecular weight excluding hydrogens is 340 g/mol. The number of carbonyl (C=O) groups excluding carboxylic acids is 1. The van der Waals surface area contributed by atoms with Crippen molar-refractivity contribution in [1.82, 2.24) is 14.9 Å². The standard InChI is InChI=1S/C21H26N4O2/c1-15-5-2-8-19(22-15)24-20-9-3-6-17(23-20)18-7-4-12-25(18)21(26)16-10-13-27-14-11-16/h2-3,5-6,8-9,16,18H,4,7,10-14H2,1H3,(H,22,23,24)/t18-/m1/s1. The van der Waals surface area contributed by atoms with Gasteiger partial charge in [0.25, 0.3) is 0 Å². The number of rotatable bonds is 4. The highest BCUT2D eigenvalue weighted by atomic mass is 16.5. The maximum absolute atomic E-state index is 13.0.